The summed E-state index contributed by atoms with van der Waals surface area (Å²) in [5.74, 6) is -0.300. The second-order valence-electron chi connectivity index (χ2n) is 6.27. The van der Waals surface area contributed by atoms with Gasteiger partial charge in [-0.05, 0) is 48.5 Å². The molecule has 0 atom stereocenters. The van der Waals surface area contributed by atoms with E-state index in [1.807, 2.05) is 48.5 Å². The molecule has 0 aliphatic carbocycles. The Balaban J connectivity index is 1.76. The van der Waals surface area contributed by atoms with Crippen LogP contribution in [0.2, 0.25) is 0 Å². The first-order valence-corrected chi connectivity index (χ1v) is 8.59. The molecule has 0 aliphatic heterocycles. The van der Waals surface area contributed by atoms with Crippen LogP contribution in [-0.4, -0.2) is 30.8 Å². The Morgan fingerprint density at radius 1 is 0.741 bits per heavy atom. The Kier molecular flexibility index (Phi) is 5.52. The van der Waals surface area contributed by atoms with E-state index in [2.05, 4.69) is 10.6 Å². The van der Waals surface area contributed by atoms with Crippen molar-refractivity contribution in [2.24, 2.45) is 0 Å². The zero-order valence-electron chi connectivity index (χ0n) is 15.3. The molecule has 0 fully saturated rings. The van der Waals surface area contributed by atoms with E-state index >= 15 is 0 Å². The maximum atomic E-state index is 12.7. The van der Waals surface area contributed by atoms with Crippen molar-refractivity contribution in [1.82, 2.24) is 4.90 Å². The van der Waals surface area contributed by atoms with Gasteiger partial charge in [-0.1, -0.05) is 30.3 Å². The van der Waals surface area contributed by atoms with Crippen LogP contribution in [0.15, 0.2) is 78.9 Å². The minimum absolute atomic E-state index is 0.0784. The number of nitrogens with one attached hydrogen (secondary N) is 2. The number of benzene rings is 3. The van der Waals surface area contributed by atoms with Crippen molar-refractivity contribution in [3.05, 3.63) is 90.0 Å². The van der Waals surface area contributed by atoms with Gasteiger partial charge in [0.05, 0.1) is 11.3 Å². The van der Waals surface area contributed by atoms with Gasteiger partial charge in [-0.3, -0.25) is 9.59 Å². The lowest BCUT2D eigenvalue weighted by molar-refractivity contribution is 0.0827. The highest BCUT2D eigenvalue weighted by Gasteiger charge is 2.12. The van der Waals surface area contributed by atoms with Crippen LogP contribution in [0.1, 0.15) is 20.7 Å². The highest BCUT2D eigenvalue weighted by molar-refractivity contribution is 6.08. The smallest absolute Gasteiger partial charge is 0.257 e. The van der Waals surface area contributed by atoms with Crippen LogP contribution in [0.25, 0.3) is 0 Å². The largest absolute Gasteiger partial charge is 0.355 e. The summed E-state index contributed by atoms with van der Waals surface area (Å²) in [4.78, 5) is 26.2. The number of anilines is 3. The lowest BCUT2D eigenvalue weighted by Gasteiger charge is -2.13. The van der Waals surface area contributed by atoms with E-state index in [0.29, 0.717) is 16.8 Å². The average Bonchev–Trinajstić information content (AvgIpc) is 2.69. The van der Waals surface area contributed by atoms with Crippen molar-refractivity contribution in [2.75, 3.05) is 24.7 Å². The van der Waals surface area contributed by atoms with Gasteiger partial charge < -0.3 is 15.5 Å². The van der Waals surface area contributed by atoms with Crippen LogP contribution in [0, 0.1) is 0 Å². The molecule has 5 heteroatoms. The van der Waals surface area contributed by atoms with E-state index in [9.17, 15) is 9.59 Å². The molecule has 0 unspecified atom stereocenters. The van der Waals surface area contributed by atoms with E-state index in [1.54, 1.807) is 44.4 Å². The molecule has 0 radical (unpaired) electrons. The minimum Gasteiger partial charge on any atom is -0.355 e. The Hall–Kier alpha value is -3.60. The van der Waals surface area contributed by atoms with Crippen molar-refractivity contribution < 1.29 is 9.59 Å². The summed E-state index contributed by atoms with van der Waals surface area (Å²) in [5, 5.41) is 6.14. The molecule has 2 N–H and O–H groups in total. The monoisotopic (exact) mass is 359 g/mol. The van der Waals surface area contributed by atoms with E-state index in [4.69, 9.17) is 0 Å². The van der Waals surface area contributed by atoms with Gasteiger partial charge in [-0.2, -0.15) is 0 Å². The molecule has 0 bridgehead atoms. The van der Waals surface area contributed by atoms with Crippen molar-refractivity contribution in [2.45, 2.75) is 0 Å². The molecule has 0 aromatic heterocycles. The first-order chi connectivity index (χ1) is 13.0. The fraction of sp³-hybridized carbons (Fsp3) is 0.0909. The first kappa shape index (κ1) is 18.2. The predicted octanol–water partition coefficient (Wildman–Crippen LogP) is 4.38. The van der Waals surface area contributed by atoms with E-state index in [1.165, 1.54) is 4.90 Å². The molecule has 5 nitrogen and oxygen atoms in total. The molecule has 2 amide bonds. The molecule has 3 rings (SSSR count). The maximum Gasteiger partial charge on any atom is 0.257 e. The van der Waals surface area contributed by atoms with Crippen molar-refractivity contribution >= 4 is 28.9 Å². The average molecular weight is 359 g/mol. The summed E-state index contributed by atoms with van der Waals surface area (Å²) >= 11 is 0. The zero-order chi connectivity index (χ0) is 19.2. The number of carbonyl (C=O) groups is 2. The molecule has 136 valence electrons. The summed E-state index contributed by atoms with van der Waals surface area (Å²) in [5.41, 5.74) is 3.37. The Morgan fingerprint density at radius 2 is 1.37 bits per heavy atom. The molecular formula is C22H21N3O2. The highest BCUT2D eigenvalue weighted by Crippen LogP contribution is 2.22. The van der Waals surface area contributed by atoms with Crippen LogP contribution < -0.4 is 10.6 Å². The summed E-state index contributed by atoms with van der Waals surface area (Å²) in [6.07, 6.45) is 0. The number of hydrogen-bond donors (Lipinski definition) is 2. The van der Waals surface area contributed by atoms with E-state index in [-0.39, 0.29) is 11.8 Å². The molecule has 0 saturated heterocycles. The summed E-state index contributed by atoms with van der Waals surface area (Å²) in [7, 11) is 3.41. The van der Waals surface area contributed by atoms with Gasteiger partial charge in [-0.25, -0.2) is 0 Å². The Morgan fingerprint density at radius 3 is 2.04 bits per heavy atom. The summed E-state index contributed by atoms with van der Waals surface area (Å²) < 4.78 is 0. The molecule has 0 saturated carbocycles. The molecule has 3 aromatic rings. The molecule has 0 heterocycles. The number of para-hydroxylation sites is 2. The van der Waals surface area contributed by atoms with Crippen molar-refractivity contribution in [1.29, 1.82) is 0 Å². The van der Waals surface area contributed by atoms with Crippen molar-refractivity contribution in [3.63, 3.8) is 0 Å². The SMILES string of the molecule is CN(C)C(=O)c1ccc(NC(=O)c2ccccc2Nc2ccccc2)cc1. The van der Waals surface area contributed by atoms with Crippen LogP contribution in [0.3, 0.4) is 0 Å². The first-order valence-electron chi connectivity index (χ1n) is 8.59. The lowest BCUT2D eigenvalue weighted by atomic mass is 10.1. The summed E-state index contributed by atoms with van der Waals surface area (Å²) in [6, 6.07) is 23.9. The number of rotatable bonds is 5. The van der Waals surface area contributed by atoms with Gasteiger partial charge in [0.2, 0.25) is 0 Å². The third-order valence-corrected chi connectivity index (χ3v) is 4.02. The van der Waals surface area contributed by atoms with Gasteiger partial charge in [0.1, 0.15) is 0 Å². The zero-order valence-corrected chi connectivity index (χ0v) is 15.3. The van der Waals surface area contributed by atoms with Gasteiger partial charge in [0, 0.05) is 31.0 Å². The van der Waals surface area contributed by atoms with E-state index < -0.39 is 0 Å². The van der Waals surface area contributed by atoms with E-state index in [0.717, 1.165) is 11.4 Å². The number of hydrogen-bond acceptors (Lipinski definition) is 3. The quantitative estimate of drug-likeness (QED) is 0.710. The minimum atomic E-state index is -0.222. The van der Waals surface area contributed by atoms with Gasteiger partial charge >= 0.3 is 0 Å². The second kappa shape index (κ2) is 8.19. The lowest BCUT2D eigenvalue weighted by Crippen LogP contribution is -2.21. The number of carbonyl (C=O) groups excluding carboxylic acids is 2. The van der Waals surface area contributed by atoms with Gasteiger partial charge in [0.25, 0.3) is 11.8 Å². The van der Waals surface area contributed by atoms with Gasteiger partial charge in [0.15, 0.2) is 0 Å². The fourth-order valence-electron chi connectivity index (χ4n) is 2.62. The topological polar surface area (TPSA) is 61.4 Å². The fourth-order valence-corrected chi connectivity index (χ4v) is 2.62. The van der Waals surface area contributed by atoms with Crippen LogP contribution in [0.5, 0.6) is 0 Å². The molecule has 3 aromatic carbocycles. The number of amides is 2. The normalized spacial score (nSPS) is 10.1. The standard InChI is InChI=1S/C22H21N3O2/c1-25(2)22(27)16-12-14-18(15-13-16)24-21(26)19-10-6-7-11-20(19)23-17-8-4-3-5-9-17/h3-15,23H,1-2H3,(H,24,26). The van der Waals surface area contributed by atoms with Gasteiger partial charge in [-0.15, -0.1) is 0 Å². The molecule has 0 spiro atoms. The van der Waals surface area contributed by atoms with Crippen LogP contribution in [0.4, 0.5) is 17.1 Å². The number of nitrogens with zero attached hydrogens (tertiary/aromatic N) is 1. The molecular weight excluding hydrogens is 338 g/mol. The Labute approximate surface area is 158 Å². The predicted molar refractivity (Wildman–Crippen MR) is 109 cm³/mol. The summed E-state index contributed by atoms with van der Waals surface area (Å²) in [6.45, 7) is 0. The second-order valence-corrected chi connectivity index (χ2v) is 6.27. The third kappa shape index (κ3) is 4.52. The van der Waals surface area contributed by atoms with Crippen LogP contribution in [-0.2, 0) is 0 Å². The Bertz CT molecular complexity index is 935. The van der Waals surface area contributed by atoms with Crippen molar-refractivity contribution in [3.8, 4) is 0 Å². The highest BCUT2D eigenvalue weighted by atomic mass is 16.2. The molecule has 0 aliphatic rings. The molecule has 27 heavy (non-hydrogen) atoms. The maximum absolute atomic E-state index is 12.7. The van der Waals surface area contributed by atoms with Crippen LogP contribution >= 0.6 is 0 Å². The third-order valence-electron chi connectivity index (χ3n) is 4.02.